The van der Waals surface area contributed by atoms with Crippen molar-refractivity contribution in [1.82, 2.24) is 0 Å². The average molecular weight is 261 g/mol. The van der Waals surface area contributed by atoms with Gasteiger partial charge in [-0.1, -0.05) is 18.2 Å². The maximum absolute atomic E-state index is 12.0. The third-order valence-corrected chi connectivity index (χ3v) is 2.90. The van der Waals surface area contributed by atoms with E-state index in [1.54, 1.807) is 0 Å². The van der Waals surface area contributed by atoms with Crippen molar-refractivity contribution in [3.05, 3.63) is 29.8 Å². The number of fused-ring (bicyclic) bond motifs is 1. The molecule has 0 fully saturated rings. The van der Waals surface area contributed by atoms with Crippen LogP contribution < -0.4 is 4.90 Å². The molecule has 0 aromatic heterocycles. The van der Waals surface area contributed by atoms with Crippen LogP contribution in [0.4, 0.5) is 5.69 Å². The minimum Gasteiger partial charge on any atom is -0.459 e. The number of benzene rings is 1. The lowest BCUT2D eigenvalue weighted by Gasteiger charge is -2.29. The molecule has 1 amide bonds. The summed E-state index contributed by atoms with van der Waals surface area (Å²) in [6.07, 6.45) is 1.18. The number of carbonyl (C=O) groups excluding carboxylic acids is 2. The zero-order valence-corrected chi connectivity index (χ0v) is 11.6. The Morgan fingerprint density at radius 3 is 2.63 bits per heavy atom. The Morgan fingerprint density at radius 1 is 1.26 bits per heavy atom. The van der Waals surface area contributed by atoms with Gasteiger partial charge in [-0.05, 0) is 38.8 Å². The van der Waals surface area contributed by atoms with Crippen molar-refractivity contribution >= 4 is 17.6 Å². The standard InChI is InChI=1S/C15H19NO3/c1-15(2,3)19-14(18)10-16-12-7-5-4-6-11(12)8-9-13(16)17/h4-7H,8-10H2,1-3H3. The SMILES string of the molecule is CC(C)(C)OC(=O)CN1C(=O)CCc2ccccc21. The number of anilines is 1. The van der Waals surface area contributed by atoms with Crippen LogP contribution in [0.5, 0.6) is 0 Å². The van der Waals surface area contributed by atoms with Gasteiger partial charge in [-0.25, -0.2) is 0 Å². The first-order valence-corrected chi connectivity index (χ1v) is 6.47. The Labute approximate surface area is 113 Å². The normalized spacial score (nSPS) is 15.1. The molecule has 0 aliphatic carbocycles. The fourth-order valence-corrected chi connectivity index (χ4v) is 2.17. The number of esters is 1. The number of nitrogens with zero attached hydrogens (tertiary/aromatic N) is 1. The zero-order chi connectivity index (χ0) is 14.0. The monoisotopic (exact) mass is 261 g/mol. The lowest BCUT2D eigenvalue weighted by Crippen LogP contribution is -2.41. The molecule has 1 aliphatic heterocycles. The number of hydrogen-bond donors (Lipinski definition) is 0. The molecule has 0 saturated heterocycles. The van der Waals surface area contributed by atoms with Crippen LogP contribution in [0, 0.1) is 0 Å². The summed E-state index contributed by atoms with van der Waals surface area (Å²) in [5.41, 5.74) is 1.39. The summed E-state index contributed by atoms with van der Waals surface area (Å²) in [7, 11) is 0. The highest BCUT2D eigenvalue weighted by Crippen LogP contribution is 2.27. The third kappa shape index (κ3) is 3.34. The van der Waals surface area contributed by atoms with Crippen molar-refractivity contribution in [2.45, 2.75) is 39.2 Å². The van der Waals surface area contributed by atoms with Crippen LogP contribution in [-0.2, 0) is 20.7 Å². The van der Waals surface area contributed by atoms with Crippen LogP contribution in [0.3, 0.4) is 0 Å². The summed E-state index contributed by atoms with van der Waals surface area (Å²) in [5.74, 6) is -0.401. The Morgan fingerprint density at radius 2 is 1.95 bits per heavy atom. The van der Waals surface area contributed by atoms with E-state index in [0.29, 0.717) is 6.42 Å². The first kappa shape index (κ1) is 13.6. The molecule has 1 aliphatic rings. The molecular weight excluding hydrogens is 242 g/mol. The summed E-state index contributed by atoms with van der Waals surface area (Å²) in [6.45, 7) is 5.43. The number of aryl methyl sites for hydroxylation is 1. The van der Waals surface area contributed by atoms with E-state index in [1.807, 2.05) is 45.0 Å². The van der Waals surface area contributed by atoms with E-state index in [4.69, 9.17) is 4.74 Å². The van der Waals surface area contributed by atoms with E-state index in [-0.39, 0.29) is 18.4 Å². The van der Waals surface area contributed by atoms with Crippen LogP contribution in [0.15, 0.2) is 24.3 Å². The Balaban J connectivity index is 2.16. The molecule has 0 bridgehead atoms. The van der Waals surface area contributed by atoms with E-state index < -0.39 is 5.60 Å². The van der Waals surface area contributed by atoms with Gasteiger partial charge in [0.15, 0.2) is 0 Å². The highest BCUT2D eigenvalue weighted by atomic mass is 16.6. The molecule has 2 rings (SSSR count). The van der Waals surface area contributed by atoms with E-state index >= 15 is 0 Å². The molecule has 0 spiro atoms. The molecular formula is C15H19NO3. The molecule has 4 nitrogen and oxygen atoms in total. The van der Waals surface area contributed by atoms with Crippen molar-refractivity contribution in [2.75, 3.05) is 11.4 Å². The van der Waals surface area contributed by atoms with Gasteiger partial charge in [-0.2, -0.15) is 0 Å². The van der Waals surface area contributed by atoms with E-state index in [2.05, 4.69) is 0 Å². The van der Waals surface area contributed by atoms with E-state index in [9.17, 15) is 9.59 Å². The fourth-order valence-electron chi connectivity index (χ4n) is 2.17. The highest BCUT2D eigenvalue weighted by molar-refractivity contribution is 6.00. The van der Waals surface area contributed by atoms with Crippen LogP contribution in [0.2, 0.25) is 0 Å². The predicted molar refractivity (Wildman–Crippen MR) is 73.0 cm³/mol. The number of para-hydroxylation sites is 1. The zero-order valence-electron chi connectivity index (χ0n) is 11.6. The smallest absolute Gasteiger partial charge is 0.326 e. The average Bonchev–Trinajstić information content (AvgIpc) is 2.31. The van der Waals surface area contributed by atoms with Gasteiger partial charge in [0.2, 0.25) is 5.91 Å². The van der Waals surface area contributed by atoms with E-state index in [0.717, 1.165) is 17.7 Å². The minimum atomic E-state index is -0.532. The number of hydrogen-bond acceptors (Lipinski definition) is 3. The van der Waals surface area contributed by atoms with Crippen LogP contribution in [-0.4, -0.2) is 24.0 Å². The molecule has 19 heavy (non-hydrogen) atoms. The Hall–Kier alpha value is -1.84. The molecule has 0 atom stereocenters. The van der Waals surface area contributed by atoms with Crippen molar-refractivity contribution in [3.63, 3.8) is 0 Å². The maximum atomic E-state index is 12.0. The van der Waals surface area contributed by atoms with Crippen LogP contribution in [0.25, 0.3) is 0 Å². The predicted octanol–water partition coefficient (Wildman–Crippen LogP) is 2.31. The van der Waals surface area contributed by atoms with Crippen LogP contribution in [0.1, 0.15) is 32.8 Å². The van der Waals surface area contributed by atoms with Gasteiger partial charge in [0.1, 0.15) is 12.1 Å². The second-order valence-corrected chi connectivity index (χ2v) is 5.70. The molecule has 1 heterocycles. The van der Waals surface area contributed by atoms with E-state index in [1.165, 1.54) is 4.90 Å². The van der Waals surface area contributed by atoms with Crippen molar-refractivity contribution in [3.8, 4) is 0 Å². The van der Waals surface area contributed by atoms with Gasteiger partial charge in [-0.15, -0.1) is 0 Å². The maximum Gasteiger partial charge on any atom is 0.326 e. The molecule has 1 aromatic rings. The second kappa shape index (κ2) is 5.03. The third-order valence-electron chi connectivity index (χ3n) is 2.90. The minimum absolute atomic E-state index is 0.0207. The summed E-state index contributed by atoms with van der Waals surface area (Å²) in [4.78, 5) is 25.4. The first-order chi connectivity index (χ1) is 8.87. The first-order valence-electron chi connectivity index (χ1n) is 6.47. The summed E-state index contributed by atoms with van der Waals surface area (Å²) in [6, 6.07) is 7.68. The number of carbonyl (C=O) groups is 2. The van der Waals surface area contributed by atoms with Crippen molar-refractivity contribution in [1.29, 1.82) is 0 Å². The quantitative estimate of drug-likeness (QED) is 0.767. The lowest BCUT2D eigenvalue weighted by molar-refractivity contribution is -0.153. The molecule has 0 N–H and O–H groups in total. The summed E-state index contributed by atoms with van der Waals surface area (Å²) in [5, 5.41) is 0. The van der Waals surface area contributed by atoms with Gasteiger partial charge in [0.25, 0.3) is 0 Å². The molecule has 0 saturated carbocycles. The highest BCUT2D eigenvalue weighted by Gasteiger charge is 2.27. The van der Waals surface area contributed by atoms with Gasteiger partial charge in [0, 0.05) is 12.1 Å². The summed E-state index contributed by atoms with van der Waals surface area (Å²) < 4.78 is 5.27. The molecule has 4 heteroatoms. The van der Waals surface area contributed by atoms with Crippen molar-refractivity contribution in [2.24, 2.45) is 0 Å². The number of ether oxygens (including phenoxy) is 1. The van der Waals surface area contributed by atoms with Gasteiger partial charge in [-0.3, -0.25) is 9.59 Å². The second-order valence-electron chi connectivity index (χ2n) is 5.70. The number of amides is 1. The Bertz CT molecular complexity index is 502. The number of rotatable bonds is 2. The molecule has 102 valence electrons. The lowest BCUT2D eigenvalue weighted by atomic mass is 10.0. The summed E-state index contributed by atoms with van der Waals surface area (Å²) >= 11 is 0. The Kier molecular flexibility index (Phi) is 3.60. The van der Waals surface area contributed by atoms with Crippen LogP contribution >= 0.6 is 0 Å². The largest absolute Gasteiger partial charge is 0.459 e. The molecule has 0 unspecified atom stereocenters. The van der Waals surface area contributed by atoms with Gasteiger partial charge < -0.3 is 9.64 Å². The van der Waals surface area contributed by atoms with Gasteiger partial charge >= 0.3 is 5.97 Å². The molecule has 0 radical (unpaired) electrons. The topological polar surface area (TPSA) is 46.6 Å². The van der Waals surface area contributed by atoms with Crippen molar-refractivity contribution < 1.29 is 14.3 Å². The molecule has 1 aromatic carbocycles. The fraction of sp³-hybridized carbons (Fsp3) is 0.467. The van der Waals surface area contributed by atoms with Gasteiger partial charge in [0.05, 0.1) is 0 Å².